The SMILES string of the molecule is CCn1nc(C)cc1C(=O)Nc1nc2cc(C(=O)OC)ccc2n1C/C=C/CN. The maximum absolute atomic E-state index is 12.9. The Morgan fingerprint density at radius 1 is 1.28 bits per heavy atom. The van der Waals surface area contributed by atoms with Gasteiger partial charge in [0.05, 0.1) is 29.4 Å². The first-order chi connectivity index (χ1) is 14.0. The van der Waals surface area contributed by atoms with E-state index in [-0.39, 0.29) is 5.91 Å². The number of amides is 1. The average Bonchev–Trinajstić information content (AvgIpc) is 3.27. The van der Waals surface area contributed by atoms with Crippen molar-refractivity contribution in [2.75, 3.05) is 19.0 Å². The number of nitrogens with two attached hydrogens (primary N) is 1. The van der Waals surface area contributed by atoms with Crippen molar-refractivity contribution < 1.29 is 14.3 Å². The quantitative estimate of drug-likeness (QED) is 0.467. The Kier molecular flexibility index (Phi) is 6.08. The van der Waals surface area contributed by atoms with Gasteiger partial charge in [-0.15, -0.1) is 0 Å². The Hall–Kier alpha value is -3.46. The fourth-order valence-electron chi connectivity index (χ4n) is 3.07. The Balaban J connectivity index is 2.01. The van der Waals surface area contributed by atoms with Gasteiger partial charge in [0.2, 0.25) is 5.95 Å². The highest BCUT2D eigenvalue weighted by Gasteiger charge is 2.18. The number of nitrogens with one attached hydrogen (secondary N) is 1. The molecule has 0 aliphatic carbocycles. The lowest BCUT2D eigenvalue weighted by atomic mass is 10.2. The summed E-state index contributed by atoms with van der Waals surface area (Å²) in [6.45, 7) is 5.21. The lowest BCUT2D eigenvalue weighted by Gasteiger charge is -2.09. The smallest absolute Gasteiger partial charge is 0.337 e. The number of imidazole rings is 1. The maximum Gasteiger partial charge on any atom is 0.337 e. The zero-order valence-electron chi connectivity index (χ0n) is 16.7. The second-order valence-corrected chi connectivity index (χ2v) is 6.39. The number of nitrogens with zero attached hydrogens (tertiary/aromatic N) is 4. The first-order valence-electron chi connectivity index (χ1n) is 9.28. The van der Waals surface area contributed by atoms with Crippen LogP contribution in [-0.4, -0.2) is 44.9 Å². The highest BCUT2D eigenvalue weighted by molar-refractivity contribution is 6.03. The Bertz CT molecular complexity index is 1080. The van der Waals surface area contributed by atoms with Crippen molar-refractivity contribution in [3.05, 3.63) is 53.4 Å². The van der Waals surface area contributed by atoms with Crippen molar-refractivity contribution >= 4 is 28.9 Å². The van der Waals surface area contributed by atoms with Crippen LogP contribution in [0.25, 0.3) is 11.0 Å². The topological polar surface area (TPSA) is 117 Å². The number of ether oxygens (including phenoxy) is 1. The minimum Gasteiger partial charge on any atom is -0.465 e. The number of allylic oxidation sites excluding steroid dienone is 1. The molecule has 29 heavy (non-hydrogen) atoms. The van der Waals surface area contributed by atoms with Gasteiger partial charge in [0, 0.05) is 19.6 Å². The molecule has 0 bridgehead atoms. The van der Waals surface area contributed by atoms with E-state index in [0.29, 0.717) is 42.4 Å². The number of aryl methyl sites for hydroxylation is 2. The number of carbonyl (C=O) groups excluding carboxylic acids is 2. The Morgan fingerprint density at radius 3 is 2.76 bits per heavy atom. The fourth-order valence-corrected chi connectivity index (χ4v) is 3.07. The standard InChI is InChI=1S/C20H24N6O3/c1-4-26-17(11-13(2)24-26)18(27)23-20-22-15-12-14(19(28)29-3)7-8-16(15)25(20)10-6-5-9-21/h5-8,11-12H,4,9-10,21H2,1-3H3,(H,22,23,27)/b6-5+. The molecule has 2 aromatic heterocycles. The number of benzene rings is 1. The number of rotatable bonds is 7. The van der Waals surface area contributed by atoms with Crippen LogP contribution in [-0.2, 0) is 17.8 Å². The molecule has 0 saturated heterocycles. The van der Waals surface area contributed by atoms with E-state index in [1.54, 1.807) is 28.9 Å². The third kappa shape index (κ3) is 4.19. The molecule has 1 amide bonds. The highest BCUT2D eigenvalue weighted by atomic mass is 16.5. The molecule has 0 unspecified atom stereocenters. The number of hydrogen-bond donors (Lipinski definition) is 2. The molecule has 0 aliphatic heterocycles. The Morgan fingerprint density at radius 2 is 2.07 bits per heavy atom. The number of methoxy groups -OCH3 is 1. The van der Waals surface area contributed by atoms with Crippen molar-refractivity contribution in [3.63, 3.8) is 0 Å². The molecule has 0 fully saturated rings. The number of aromatic nitrogens is 4. The third-order valence-electron chi connectivity index (χ3n) is 4.42. The largest absolute Gasteiger partial charge is 0.465 e. The molecule has 2 heterocycles. The van der Waals surface area contributed by atoms with Gasteiger partial charge in [-0.05, 0) is 38.1 Å². The van der Waals surface area contributed by atoms with Gasteiger partial charge in [-0.2, -0.15) is 5.10 Å². The molecular weight excluding hydrogens is 372 g/mol. The normalized spacial score (nSPS) is 11.3. The summed E-state index contributed by atoms with van der Waals surface area (Å²) in [4.78, 5) is 29.2. The Labute approximate surface area is 168 Å². The van der Waals surface area contributed by atoms with Crippen molar-refractivity contribution in [3.8, 4) is 0 Å². The molecule has 1 aromatic carbocycles. The predicted octanol–water partition coefficient (Wildman–Crippen LogP) is 2.11. The van der Waals surface area contributed by atoms with Crippen LogP contribution >= 0.6 is 0 Å². The van der Waals surface area contributed by atoms with Crippen LogP contribution in [0, 0.1) is 6.92 Å². The highest BCUT2D eigenvalue weighted by Crippen LogP contribution is 2.22. The molecular formula is C20H24N6O3. The average molecular weight is 396 g/mol. The molecule has 9 heteroatoms. The van der Waals surface area contributed by atoms with E-state index in [9.17, 15) is 9.59 Å². The summed E-state index contributed by atoms with van der Waals surface area (Å²) in [6.07, 6.45) is 3.72. The van der Waals surface area contributed by atoms with E-state index in [1.807, 2.05) is 30.6 Å². The lowest BCUT2D eigenvalue weighted by molar-refractivity contribution is 0.0600. The number of anilines is 1. The second-order valence-electron chi connectivity index (χ2n) is 6.39. The molecule has 0 atom stereocenters. The number of carbonyl (C=O) groups is 2. The molecule has 152 valence electrons. The van der Waals surface area contributed by atoms with Crippen molar-refractivity contribution in [1.29, 1.82) is 0 Å². The van der Waals surface area contributed by atoms with Crippen LogP contribution < -0.4 is 11.1 Å². The first-order valence-corrected chi connectivity index (χ1v) is 9.28. The summed E-state index contributed by atoms with van der Waals surface area (Å²) in [5, 5.41) is 7.17. The summed E-state index contributed by atoms with van der Waals surface area (Å²) < 4.78 is 8.26. The molecule has 0 radical (unpaired) electrons. The van der Waals surface area contributed by atoms with Crippen LogP contribution in [0.1, 0.15) is 33.5 Å². The maximum atomic E-state index is 12.9. The van der Waals surface area contributed by atoms with Gasteiger partial charge >= 0.3 is 5.97 Å². The molecule has 9 nitrogen and oxygen atoms in total. The lowest BCUT2D eigenvalue weighted by Crippen LogP contribution is -2.19. The molecule has 0 spiro atoms. The van der Waals surface area contributed by atoms with E-state index in [2.05, 4.69) is 15.4 Å². The first kappa shape index (κ1) is 20.3. The minimum absolute atomic E-state index is 0.306. The summed E-state index contributed by atoms with van der Waals surface area (Å²) in [5.41, 5.74) is 8.49. The number of esters is 1. The van der Waals surface area contributed by atoms with E-state index in [4.69, 9.17) is 10.5 Å². The van der Waals surface area contributed by atoms with Crippen molar-refractivity contribution in [2.24, 2.45) is 5.73 Å². The van der Waals surface area contributed by atoms with Crippen LogP contribution in [0.3, 0.4) is 0 Å². The van der Waals surface area contributed by atoms with Crippen molar-refractivity contribution in [1.82, 2.24) is 19.3 Å². The summed E-state index contributed by atoms with van der Waals surface area (Å²) >= 11 is 0. The van der Waals surface area contributed by atoms with Gasteiger partial charge in [0.15, 0.2) is 0 Å². The predicted molar refractivity (Wildman–Crippen MR) is 110 cm³/mol. The molecule has 3 aromatic rings. The van der Waals surface area contributed by atoms with E-state index >= 15 is 0 Å². The third-order valence-corrected chi connectivity index (χ3v) is 4.42. The zero-order chi connectivity index (χ0) is 21.0. The van der Waals surface area contributed by atoms with E-state index in [0.717, 1.165) is 11.2 Å². The van der Waals surface area contributed by atoms with Crippen LogP contribution in [0.15, 0.2) is 36.4 Å². The zero-order valence-corrected chi connectivity index (χ0v) is 16.7. The minimum atomic E-state index is -0.447. The van der Waals surface area contributed by atoms with Crippen LogP contribution in [0.2, 0.25) is 0 Å². The van der Waals surface area contributed by atoms with Gasteiger partial charge in [0.25, 0.3) is 5.91 Å². The van der Waals surface area contributed by atoms with Crippen LogP contribution in [0.4, 0.5) is 5.95 Å². The van der Waals surface area contributed by atoms with Gasteiger partial charge in [-0.3, -0.25) is 14.8 Å². The van der Waals surface area contributed by atoms with Gasteiger partial charge in [-0.25, -0.2) is 9.78 Å². The second kappa shape index (κ2) is 8.70. The molecule has 3 rings (SSSR count). The molecule has 0 saturated carbocycles. The van der Waals surface area contributed by atoms with Crippen molar-refractivity contribution in [2.45, 2.75) is 26.9 Å². The monoisotopic (exact) mass is 396 g/mol. The van der Waals surface area contributed by atoms with Gasteiger partial charge < -0.3 is 15.0 Å². The van der Waals surface area contributed by atoms with Gasteiger partial charge in [-0.1, -0.05) is 12.2 Å². The molecule has 3 N–H and O–H groups in total. The molecule has 0 aliphatic rings. The van der Waals surface area contributed by atoms with Gasteiger partial charge in [0.1, 0.15) is 5.69 Å². The number of hydrogen-bond acceptors (Lipinski definition) is 6. The summed E-state index contributed by atoms with van der Waals surface area (Å²) in [6, 6.07) is 6.82. The fraction of sp³-hybridized carbons (Fsp3) is 0.300. The van der Waals surface area contributed by atoms with E-state index in [1.165, 1.54) is 7.11 Å². The number of fused-ring (bicyclic) bond motifs is 1. The van der Waals surface area contributed by atoms with Crippen LogP contribution in [0.5, 0.6) is 0 Å². The summed E-state index contributed by atoms with van der Waals surface area (Å²) in [5.74, 6) is -0.382. The van der Waals surface area contributed by atoms with E-state index < -0.39 is 5.97 Å². The summed E-state index contributed by atoms with van der Waals surface area (Å²) in [7, 11) is 1.33.